The van der Waals surface area contributed by atoms with Gasteiger partial charge in [-0.1, -0.05) is 40.2 Å². The molecule has 104 valence electrons. The van der Waals surface area contributed by atoms with Crippen molar-refractivity contribution in [2.75, 3.05) is 0 Å². The molecule has 0 saturated heterocycles. The van der Waals surface area contributed by atoms with Crippen LogP contribution in [0.5, 0.6) is 0 Å². The second-order valence-electron chi connectivity index (χ2n) is 4.86. The Balaban J connectivity index is 1.88. The van der Waals surface area contributed by atoms with Crippen molar-refractivity contribution in [3.05, 3.63) is 71.1 Å². The number of hydrogen-bond donors (Lipinski definition) is 0. The minimum absolute atomic E-state index is 0.0388. The summed E-state index contributed by atoms with van der Waals surface area (Å²) in [6.07, 6.45) is 0. The van der Waals surface area contributed by atoms with Gasteiger partial charge in [-0.2, -0.15) is 0 Å². The second kappa shape index (κ2) is 4.93. The Morgan fingerprint density at radius 3 is 2.48 bits per heavy atom. The monoisotopic (exact) mass is 360 g/mol. The number of fused-ring (bicyclic) bond motifs is 3. The van der Waals surface area contributed by atoms with Gasteiger partial charge < -0.3 is 8.83 Å². The molecule has 0 bridgehead atoms. The third-order valence-electron chi connectivity index (χ3n) is 3.54. The minimum Gasteiger partial charge on any atom is -0.456 e. The van der Waals surface area contributed by atoms with E-state index in [1.54, 1.807) is 6.07 Å². The fourth-order valence-electron chi connectivity index (χ4n) is 2.53. The van der Waals surface area contributed by atoms with Crippen LogP contribution in [0.4, 0.5) is 0 Å². The quantitative estimate of drug-likeness (QED) is 0.391. The van der Waals surface area contributed by atoms with Crippen LogP contribution in [0, 0.1) is 0 Å². The highest BCUT2D eigenvalue weighted by molar-refractivity contribution is 9.09. The Labute approximate surface area is 134 Å². The number of para-hydroxylation sites is 1. The number of furan rings is 2. The van der Waals surface area contributed by atoms with Gasteiger partial charge in [-0.3, -0.25) is 0 Å². The summed E-state index contributed by atoms with van der Waals surface area (Å²) in [4.78, 5) is -0.0388. The number of hydrogen-bond acceptors (Lipinski definition) is 2. The van der Waals surface area contributed by atoms with Crippen LogP contribution in [0.2, 0.25) is 5.22 Å². The van der Waals surface area contributed by atoms with Crippen molar-refractivity contribution < 1.29 is 8.83 Å². The maximum atomic E-state index is 5.85. The van der Waals surface area contributed by atoms with Crippen molar-refractivity contribution in [3.63, 3.8) is 0 Å². The lowest BCUT2D eigenvalue weighted by atomic mass is 10.1. The van der Waals surface area contributed by atoms with E-state index in [1.165, 1.54) is 0 Å². The van der Waals surface area contributed by atoms with E-state index < -0.39 is 0 Å². The molecule has 2 nitrogen and oxygen atoms in total. The first-order chi connectivity index (χ1) is 10.2. The first-order valence-corrected chi connectivity index (χ1v) is 7.82. The fourth-order valence-corrected chi connectivity index (χ4v) is 3.21. The second-order valence-corrected chi connectivity index (χ2v) is 6.15. The van der Waals surface area contributed by atoms with E-state index in [2.05, 4.69) is 28.1 Å². The Morgan fingerprint density at radius 2 is 1.67 bits per heavy atom. The van der Waals surface area contributed by atoms with Gasteiger partial charge in [-0.05, 0) is 47.5 Å². The molecule has 4 rings (SSSR count). The molecule has 2 heterocycles. The van der Waals surface area contributed by atoms with Crippen LogP contribution in [0.3, 0.4) is 0 Å². The molecule has 21 heavy (non-hydrogen) atoms. The summed E-state index contributed by atoms with van der Waals surface area (Å²) in [6, 6.07) is 17.8. The molecule has 0 saturated carbocycles. The third-order valence-corrected chi connectivity index (χ3v) is 4.72. The lowest BCUT2D eigenvalue weighted by Crippen LogP contribution is -1.89. The van der Waals surface area contributed by atoms with Crippen LogP contribution < -0.4 is 0 Å². The average molecular weight is 362 g/mol. The van der Waals surface area contributed by atoms with Gasteiger partial charge in [0.05, 0.1) is 4.83 Å². The smallest absolute Gasteiger partial charge is 0.193 e. The zero-order valence-corrected chi connectivity index (χ0v) is 13.2. The molecule has 0 radical (unpaired) electrons. The van der Waals surface area contributed by atoms with E-state index in [4.69, 9.17) is 20.4 Å². The van der Waals surface area contributed by atoms with Gasteiger partial charge in [0, 0.05) is 10.8 Å². The molecule has 0 N–H and O–H groups in total. The molecule has 2 aromatic carbocycles. The first kappa shape index (κ1) is 13.0. The predicted octanol–water partition coefficient (Wildman–Crippen LogP) is 6.32. The lowest BCUT2D eigenvalue weighted by molar-refractivity contribution is 0.521. The van der Waals surface area contributed by atoms with Crippen LogP contribution in [0.15, 0.2) is 63.4 Å². The SMILES string of the molecule is Clc1ccc(C(Br)c2ccc3oc4ccccc4c3c2)o1. The molecular formula is C17H10BrClO2. The van der Waals surface area contributed by atoms with Gasteiger partial charge in [0.25, 0.3) is 0 Å². The zero-order chi connectivity index (χ0) is 14.4. The maximum absolute atomic E-state index is 5.85. The highest BCUT2D eigenvalue weighted by Crippen LogP contribution is 2.36. The Morgan fingerprint density at radius 1 is 0.857 bits per heavy atom. The van der Waals surface area contributed by atoms with Gasteiger partial charge in [0.15, 0.2) is 5.22 Å². The topological polar surface area (TPSA) is 26.3 Å². The zero-order valence-electron chi connectivity index (χ0n) is 10.8. The van der Waals surface area contributed by atoms with Crippen molar-refractivity contribution >= 4 is 49.5 Å². The van der Waals surface area contributed by atoms with Gasteiger partial charge in [-0.25, -0.2) is 0 Å². The fraction of sp³-hybridized carbons (Fsp3) is 0.0588. The maximum Gasteiger partial charge on any atom is 0.193 e. The van der Waals surface area contributed by atoms with E-state index in [-0.39, 0.29) is 4.83 Å². The largest absolute Gasteiger partial charge is 0.456 e. The molecule has 0 aliphatic carbocycles. The molecule has 0 aliphatic heterocycles. The van der Waals surface area contributed by atoms with E-state index in [0.29, 0.717) is 5.22 Å². The van der Waals surface area contributed by atoms with Crippen molar-refractivity contribution in [1.29, 1.82) is 0 Å². The molecule has 4 aromatic rings. The van der Waals surface area contributed by atoms with Crippen LogP contribution >= 0.6 is 27.5 Å². The molecule has 0 fully saturated rings. The minimum atomic E-state index is -0.0388. The highest BCUT2D eigenvalue weighted by Gasteiger charge is 2.16. The summed E-state index contributed by atoms with van der Waals surface area (Å²) >= 11 is 9.51. The Bertz CT molecular complexity index is 938. The average Bonchev–Trinajstić information content (AvgIpc) is 3.09. The van der Waals surface area contributed by atoms with Gasteiger partial charge >= 0.3 is 0 Å². The number of halogens is 2. The van der Waals surface area contributed by atoms with Crippen LogP contribution in [-0.4, -0.2) is 0 Å². The third kappa shape index (κ3) is 2.17. The standard InChI is InChI=1S/C17H10BrClO2/c18-17(15-7-8-16(19)21-15)10-5-6-14-12(9-10)11-3-1-2-4-13(11)20-14/h1-9,17H. The Hall–Kier alpha value is -1.71. The molecule has 0 spiro atoms. The van der Waals surface area contributed by atoms with Crippen LogP contribution in [-0.2, 0) is 0 Å². The van der Waals surface area contributed by atoms with Crippen LogP contribution in [0.1, 0.15) is 16.2 Å². The molecule has 0 aliphatic rings. The molecule has 1 atom stereocenters. The van der Waals surface area contributed by atoms with E-state index in [9.17, 15) is 0 Å². The summed E-state index contributed by atoms with van der Waals surface area (Å²) in [5, 5.41) is 2.61. The lowest BCUT2D eigenvalue weighted by Gasteiger charge is -2.07. The van der Waals surface area contributed by atoms with Crippen LogP contribution in [0.25, 0.3) is 21.9 Å². The predicted molar refractivity (Wildman–Crippen MR) is 88.2 cm³/mol. The molecule has 2 aromatic heterocycles. The number of benzene rings is 2. The highest BCUT2D eigenvalue weighted by atomic mass is 79.9. The van der Waals surface area contributed by atoms with Crippen molar-refractivity contribution in [2.45, 2.75) is 4.83 Å². The molecule has 4 heteroatoms. The summed E-state index contributed by atoms with van der Waals surface area (Å²) in [7, 11) is 0. The van der Waals surface area contributed by atoms with Gasteiger partial charge in [0.2, 0.25) is 0 Å². The van der Waals surface area contributed by atoms with Crippen molar-refractivity contribution in [1.82, 2.24) is 0 Å². The van der Waals surface area contributed by atoms with E-state index in [1.807, 2.05) is 36.4 Å². The Kier molecular flexibility index (Phi) is 3.05. The molecule has 0 amide bonds. The van der Waals surface area contributed by atoms with Crippen molar-refractivity contribution in [2.24, 2.45) is 0 Å². The molecular weight excluding hydrogens is 352 g/mol. The summed E-state index contributed by atoms with van der Waals surface area (Å²) in [5.41, 5.74) is 2.88. The number of rotatable bonds is 2. The normalized spacial score (nSPS) is 13.0. The number of alkyl halides is 1. The first-order valence-electron chi connectivity index (χ1n) is 6.53. The van der Waals surface area contributed by atoms with Gasteiger partial charge in [-0.15, -0.1) is 0 Å². The van der Waals surface area contributed by atoms with E-state index >= 15 is 0 Å². The molecule has 1 unspecified atom stereocenters. The van der Waals surface area contributed by atoms with Crippen molar-refractivity contribution in [3.8, 4) is 0 Å². The summed E-state index contributed by atoms with van der Waals surface area (Å²) in [5.74, 6) is 0.784. The van der Waals surface area contributed by atoms with E-state index in [0.717, 1.165) is 33.3 Å². The summed E-state index contributed by atoms with van der Waals surface area (Å²) < 4.78 is 11.3. The summed E-state index contributed by atoms with van der Waals surface area (Å²) in [6.45, 7) is 0. The van der Waals surface area contributed by atoms with Gasteiger partial charge in [0.1, 0.15) is 16.9 Å².